The van der Waals surface area contributed by atoms with E-state index in [0.717, 1.165) is 22.1 Å². The van der Waals surface area contributed by atoms with Crippen molar-refractivity contribution in [2.24, 2.45) is 0 Å². The summed E-state index contributed by atoms with van der Waals surface area (Å²) in [4.78, 5) is 13.6. The van der Waals surface area contributed by atoms with Crippen LogP contribution < -0.4 is 27.3 Å². The third-order valence-corrected chi connectivity index (χ3v) is 4.00. The van der Waals surface area contributed by atoms with Gasteiger partial charge in [0, 0.05) is 23.1 Å². The summed E-state index contributed by atoms with van der Waals surface area (Å²) < 4.78 is 0. The fourth-order valence-electron chi connectivity index (χ4n) is 2.12. The number of rotatable bonds is 4. The number of nitro groups is 1. The number of thiazole rings is 1. The molecule has 0 amide bonds. The minimum Gasteiger partial charge on any atom is -1.00 e. The Morgan fingerprint density at radius 2 is 1.91 bits per heavy atom. The molecule has 0 bridgehead atoms. The summed E-state index contributed by atoms with van der Waals surface area (Å²) in [6.45, 7) is 2.05. The van der Waals surface area contributed by atoms with Gasteiger partial charge in [-0.3, -0.25) is 10.1 Å². The fourth-order valence-corrected chi connectivity index (χ4v) is 2.89. The number of H-pyrrole nitrogens is 1. The molecular weight excluding hydrogens is 378 g/mol. The summed E-state index contributed by atoms with van der Waals surface area (Å²) in [5, 5.41) is 16.9. The average molecular weight is 392 g/mol. The number of nitrogens with one attached hydrogen (secondary N) is 2. The van der Waals surface area contributed by atoms with Crippen molar-refractivity contribution >= 4 is 27.8 Å². The van der Waals surface area contributed by atoms with Crippen LogP contribution in [0.25, 0.3) is 11.3 Å². The fraction of sp³-hybridized carbons (Fsp3) is 0.0625. The van der Waals surface area contributed by atoms with Crippen molar-refractivity contribution in [3.63, 3.8) is 0 Å². The van der Waals surface area contributed by atoms with Gasteiger partial charge in [0.25, 0.3) is 5.69 Å². The van der Waals surface area contributed by atoms with Crippen LogP contribution in [-0.4, -0.2) is 4.92 Å². The second kappa shape index (κ2) is 7.34. The molecule has 0 radical (unpaired) electrons. The molecule has 0 atom stereocenters. The zero-order valence-corrected chi connectivity index (χ0v) is 14.6. The van der Waals surface area contributed by atoms with E-state index in [1.54, 1.807) is 23.5 Å². The van der Waals surface area contributed by atoms with Crippen LogP contribution in [0.15, 0.2) is 53.9 Å². The van der Waals surface area contributed by atoms with Gasteiger partial charge in [0.2, 0.25) is 0 Å². The lowest BCUT2D eigenvalue weighted by Crippen LogP contribution is -3.00. The predicted molar refractivity (Wildman–Crippen MR) is 87.4 cm³/mol. The summed E-state index contributed by atoms with van der Waals surface area (Å²) in [5.41, 5.74) is 4.15. The molecule has 1 heterocycles. The average Bonchev–Trinajstić information content (AvgIpc) is 2.96. The van der Waals surface area contributed by atoms with Gasteiger partial charge in [0.05, 0.1) is 4.92 Å². The molecule has 0 fully saturated rings. The molecule has 0 unspecified atom stereocenters. The lowest BCUT2D eigenvalue weighted by atomic mass is 10.1. The molecule has 1 aromatic heterocycles. The van der Waals surface area contributed by atoms with Gasteiger partial charge in [-0.15, -0.1) is 0 Å². The van der Waals surface area contributed by atoms with Crippen molar-refractivity contribution < 1.29 is 26.9 Å². The number of non-ortho nitro benzene ring substituents is 1. The van der Waals surface area contributed by atoms with Crippen LogP contribution in [-0.2, 0) is 0 Å². The van der Waals surface area contributed by atoms with Crippen LogP contribution in [0.3, 0.4) is 0 Å². The highest BCUT2D eigenvalue weighted by Gasteiger charge is 2.12. The number of aromatic amines is 1. The lowest BCUT2D eigenvalue weighted by molar-refractivity contribution is -0.384. The molecule has 118 valence electrons. The number of aryl methyl sites for hydroxylation is 1. The first-order valence-corrected chi connectivity index (χ1v) is 7.59. The Morgan fingerprint density at radius 1 is 1.17 bits per heavy atom. The molecule has 0 aliphatic carbocycles. The van der Waals surface area contributed by atoms with E-state index in [1.165, 1.54) is 17.7 Å². The van der Waals surface area contributed by atoms with E-state index in [2.05, 4.69) is 16.4 Å². The molecule has 7 heteroatoms. The minimum atomic E-state index is -0.397. The SMILES string of the molecule is Cc1cccc(Nc2[nH+]c(-c3ccc([N+](=O)[O-])cc3)cs2)c1.[Br-]. The maximum Gasteiger partial charge on any atom is 0.337 e. The number of aromatic nitrogens is 1. The topological polar surface area (TPSA) is 69.3 Å². The standard InChI is InChI=1S/C16H13N3O2S.BrH/c1-11-3-2-4-13(9-11)17-16-18-15(10-22-16)12-5-7-14(8-6-12)19(20)21;/h2-10H,1H3,(H,17,18);1H. The summed E-state index contributed by atoms with van der Waals surface area (Å²) in [7, 11) is 0. The Bertz CT molecular complexity index is 818. The first-order chi connectivity index (χ1) is 10.6. The third-order valence-electron chi connectivity index (χ3n) is 3.21. The van der Waals surface area contributed by atoms with Gasteiger partial charge in [-0.2, -0.15) is 0 Å². The van der Waals surface area contributed by atoms with Crippen LogP contribution in [0.2, 0.25) is 0 Å². The van der Waals surface area contributed by atoms with Crippen molar-refractivity contribution in [2.75, 3.05) is 5.32 Å². The van der Waals surface area contributed by atoms with E-state index < -0.39 is 4.92 Å². The Kier molecular flexibility index (Phi) is 5.46. The zero-order valence-electron chi connectivity index (χ0n) is 12.2. The quantitative estimate of drug-likeness (QED) is 0.536. The molecule has 2 N–H and O–H groups in total. The van der Waals surface area contributed by atoms with Crippen LogP contribution in [0.4, 0.5) is 16.5 Å². The highest BCUT2D eigenvalue weighted by molar-refractivity contribution is 7.13. The normalized spacial score (nSPS) is 9.96. The van der Waals surface area contributed by atoms with Crippen LogP contribution >= 0.6 is 11.3 Å². The van der Waals surface area contributed by atoms with E-state index in [4.69, 9.17) is 0 Å². The Balaban J connectivity index is 0.00000192. The molecule has 0 aliphatic rings. The Morgan fingerprint density at radius 3 is 2.57 bits per heavy atom. The number of hydrogen-bond donors (Lipinski definition) is 1. The highest BCUT2D eigenvalue weighted by Crippen LogP contribution is 2.25. The minimum absolute atomic E-state index is 0. The molecule has 0 spiro atoms. The van der Waals surface area contributed by atoms with E-state index in [0.29, 0.717) is 0 Å². The van der Waals surface area contributed by atoms with Gasteiger partial charge >= 0.3 is 5.13 Å². The van der Waals surface area contributed by atoms with E-state index in [-0.39, 0.29) is 22.7 Å². The second-order valence-corrected chi connectivity index (χ2v) is 5.78. The molecule has 3 rings (SSSR count). The first-order valence-electron chi connectivity index (χ1n) is 6.71. The Labute approximate surface area is 147 Å². The second-order valence-electron chi connectivity index (χ2n) is 4.90. The van der Waals surface area contributed by atoms with E-state index in [1.807, 2.05) is 30.5 Å². The smallest absolute Gasteiger partial charge is 0.337 e. The highest BCUT2D eigenvalue weighted by atomic mass is 79.9. The summed E-state index contributed by atoms with van der Waals surface area (Å²) in [6, 6.07) is 14.6. The van der Waals surface area contributed by atoms with Gasteiger partial charge in [0.1, 0.15) is 11.4 Å². The van der Waals surface area contributed by atoms with Crippen molar-refractivity contribution in [3.05, 3.63) is 69.6 Å². The number of nitro benzene ring substituents is 1. The molecule has 0 saturated heterocycles. The largest absolute Gasteiger partial charge is 1.00 e. The van der Waals surface area contributed by atoms with Crippen LogP contribution in [0, 0.1) is 17.0 Å². The van der Waals surface area contributed by atoms with Crippen molar-refractivity contribution in [1.29, 1.82) is 0 Å². The summed E-state index contributed by atoms with van der Waals surface area (Å²) in [6.07, 6.45) is 0. The van der Waals surface area contributed by atoms with Gasteiger partial charge in [-0.25, -0.2) is 10.3 Å². The monoisotopic (exact) mass is 391 g/mol. The van der Waals surface area contributed by atoms with Gasteiger partial charge < -0.3 is 17.0 Å². The van der Waals surface area contributed by atoms with Gasteiger partial charge in [-0.05, 0) is 36.8 Å². The molecular formula is C16H14BrN3O2S. The maximum atomic E-state index is 10.7. The number of anilines is 2. The maximum absolute atomic E-state index is 10.7. The van der Waals surface area contributed by atoms with Crippen LogP contribution in [0.1, 0.15) is 5.56 Å². The van der Waals surface area contributed by atoms with Crippen molar-refractivity contribution in [2.45, 2.75) is 6.92 Å². The Hall–Kier alpha value is -2.25. The number of benzene rings is 2. The van der Waals surface area contributed by atoms with Gasteiger partial charge in [-0.1, -0.05) is 23.5 Å². The number of hydrogen-bond acceptors (Lipinski definition) is 4. The number of halogens is 1. The zero-order chi connectivity index (χ0) is 15.5. The van der Waals surface area contributed by atoms with Crippen LogP contribution in [0.5, 0.6) is 0 Å². The molecule has 2 aromatic carbocycles. The third kappa shape index (κ3) is 4.14. The summed E-state index contributed by atoms with van der Waals surface area (Å²) >= 11 is 1.56. The first kappa shape index (κ1) is 17.1. The van der Waals surface area contributed by atoms with Gasteiger partial charge in [0.15, 0.2) is 0 Å². The number of nitrogens with zero attached hydrogens (tertiary/aromatic N) is 1. The van der Waals surface area contributed by atoms with Crippen molar-refractivity contribution in [1.82, 2.24) is 0 Å². The summed E-state index contributed by atoms with van der Waals surface area (Å²) in [5.74, 6) is 0. The molecule has 3 aromatic rings. The molecule has 0 aliphatic heterocycles. The molecule has 5 nitrogen and oxygen atoms in total. The lowest BCUT2D eigenvalue weighted by Gasteiger charge is -1.97. The van der Waals surface area contributed by atoms with E-state index in [9.17, 15) is 10.1 Å². The molecule has 23 heavy (non-hydrogen) atoms. The van der Waals surface area contributed by atoms with Crippen molar-refractivity contribution in [3.8, 4) is 11.3 Å². The van der Waals surface area contributed by atoms with E-state index >= 15 is 0 Å². The predicted octanol–water partition coefficient (Wildman–Crippen LogP) is 1.19. The molecule has 0 saturated carbocycles.